The monoisotopic (exact) mass is 287 g/mol. The summed E-state index contributed by atoms with van der Waals surface area (Å²) in [5.74, 6) is -0.479. The Balaban J connectivity index is 2.00. The van der Waals surface area contributed by atoms with Crippen molar-refractivity contribution in [3.63, 3.8) is 0 Å². The SMILES string of the molecule is Cc1cccc(C2CNCCC2c2cc(F)ccc2F)c1. The van der Waals surface area contributed by atoms with Crippen LogP contribution < -0.4 is 5.32 Å². The van der Waals surface area contributed by atoms with E-state index in [4.69, 9.17) is 0 Å². The highest BCUT2D eigenvalue weighted by Gasteiger charge is 2.29. The third kappa shape index (κ3) is 2.98. The molecule has 1 heterocycles. The van der Waals surface area contributed by atoms with Gasteiger partial charge < -0.3 is 5.32 Å². The number of aryl methyl sites for hydroxylation is 1. The van der Waals surface area contributed by atoms with Crippen LogP contribution in [0.25, 0.3) is 0 Å². The van der Waals surface area contributed by atoms with Crippen molar-refractivity contribution in [3.8, 4) is 0 Å². The van der Waals surface area contributed by atoms with E-state index in [0.717, 1.165) is 19.5 Å². The largest absolute Gasteiger partial charge is 0.316 e. The van der Waals surface area contributed by atoms with E-state index in [1.54, 1.807) is 0 Å². The second-order valence-electron chi connectivity index (χ2n) is 5.79. The van der Waals surface area contributed by atoms with Gasteiger partial charge in [-0.1, -0.05) is 29.8 Å². The molecule has 1 nitrogen and oxygen atoms in total. The summed E-state index contributed by atoms with van der Waals surface area (Å²) in [6.07, 6.45) is 0.818. The fraction of sp³-hybridized carbons (Fsp3) is 0.333. The first-order chi connectivity index (χ1) is 10.1. The average molecular weight is 287 g/mol. The van der Waals surface area contributed by atoms with Crippen LogP contribution in [0.5, 0.6) is 0 Å². The van der Waals surface area contributed by atoms with E-state index in [9.17, 15) is 8.78 Å². The maximum Gasteiger partial charge on any atom is 0.126 e. The highest BCUT2D eigenvalue weighted by Crippen LogP contribution is 2.38. The Morgan fingerprint density at radius 1 is 1.05 bits per heavy atom. The lowest BCUT2D eigenvalue weighted by molar-refractivity contribution is 0.391. The normalized spacial score (nSPS) is 22.2. The highest BCUT2D eigenvalue weighted by atomic mass is 19.1. The first-order valence-electron chi connectivity index (χ1n) is 7.37. The van der Waals surface area contributed by atoms with Crippen LogP contribution in [0.3, 0.4) is 0 Å². The molecule has 3 heteroatoms. The van der Waals surface area contributed by atoms with E-state index in [1.807, 2.05) is 6.07 Å². The van der Waals surface area contributed by atoms with Crippen molar-refractivity contribution in [2.45, 2.75) is 25.2 Å². The van der Waals surface area contributed by atoms with Crippen molar-refractivity contribution >= 4 is 0 Å². The van der Waals surface area contributed by atoms with E-state index < -0.39 is 0 Å². The van der Waals surface area contributed by atoms with Crippen molar-refractivity contribution in [1.82, 2.24) is 5.32 Å². The highest BCUT2D eigenvalue weighted by molar-refractivity contribution is 5.33. The average Bonchev–Trinajstić information content (AvgIpc) is 2.50. The summed E-state index contributed by atoms with van der Waals surface area (Å²) in [6, 6.07) is 12.1. The van der Waals surface area contributed by atoms with Crippen molar-refractivity contribution < 1.29 is 8.78 Å². The molecule has 0 amide bonds. The standard InChI is InChI=1S/C18H19F2N/c1-12-3-2-4-13(9-12)17-11-21-8-7-15(17)16-10-14(19)5-6-18(16)20/h2-6,9-10,15,17,21H,7-8,11H2,1H3. The van der Waals surface area contributed by atoms with Gasteiger partial charge in [0.1, 0.15) is 11.6 Å². The smallest absolute Gasteiger partial charge is 0.126 e. The van der Waals surface area contributed by atoms with Crippen molar-refractivity contribution in [2.24, 2.45) is 0 Å². The summed E-state index contributed by atoms with van der Waals surface area (Å²) in [5.41, 5.74) is 2.88. The molecule has 2 aromatic carbocycles. The Labute approximate surface area is 124 Å². The number of hydrogen-bond acceptors (Lipinski definition) is 1. The minimum absolute atomic E-state index is 0.0174. The molecule has 0 aromatic heterocycles. The summed E-state index contributed by atoms with van der Waals surface area (Å²) >= 11 is 0. The lowest BCUT2D eigenvalue weighted by atomic mass is 9.77. The van der Waals surface area contributed by atoms with Gasteiger partial charge in [0, 0.05) is 12.5 Å². The first-order valence-corrected chi connectivity index (χ1v) is 7.37. The Morgan fingerprint density at radius 2 is 1.90 bits per heavy atom. The third-order valence-corrected chi connectivity index (χ3v) is 4.31. The number of benzene rings is 2. The van der Waals surface area contributed by atoms with Crippen LogP contribution in [0.4, 0.5) is 8.78 Å². The van der Waals surface area contributed by atoms with Gasteiger partial charge in [0.05, 0.1) is 0 Å². The van der Waals surface area contributed by atoms with E-state index in [-0.39, 0.29) is 23.5 Å². The maximum atomic E-state index is 14.1. The number of halogens is 2. The molecule has 2 unspecified atom stereocenters. The fourth-order valence-electron chi connectivity index (χ4n) is 3.28. The van der Waals surface area contributed by atoms with E-state index in [1.165, 1.54) is 29.3 Å². The van der Waals surface area contributed by atoms with E-state index in [2.05, 4.69) is 30.4 Å². The Hall–Kier alpha value is -1.74. The fourth-order valence-corrected chi connectivity index (χ4v) is 3.28. The molecule has 1 fully saturated rings. The minimum Gasteiger partial charge on any atom is -0.316 e. The third-order valence-electron chi connectivity index (χ3n) is 4.31. The molecule has 2 aromatic rings. The molecule has 110 valence electrons. The van der Waals surface area contributed by atoms with Crippen LogP contribution in [0.15, 0.2) is 42.5 Å². The van der Waals surface area contributed by atoms with Gasteiger partial charge in [0.25, 0.3) is 0 Å². The Kier molecular flexibility index (Phi) is 4.02. The van der Waals surface area contributed by atoms with Crippen LogP contribution in [-0.4, -0.2) is 13.1 Å². The van der Waals surface area contributed by atoms with Crippen molar-refractivity contribution in [1.29, 1.82) is 0 Å². The molecule has 0 bridgehead atoms. The molecule has 1 saturated heterocycles. The van der Waals surface area contributed by atoms with Gasteiger partial charge in [0.15, 0.2) is 0 Å². The zero-order valence-electron chi connectivity index (χ0n) is 12.1. The van der Waals surface area contributed by atoms with Gasteiger partial charge >= 0.3 is 0 Å². The molecular weight excluding hydrogens is 268 g/mol. The second-order valence-corrected chi connectivity index (χ2v) is 5.79. The van der Waals surface area contributed by atoms with Gasteiger partial charge in [-0.25, -0.2) is 8.78 Å². The summed E-state index contributed by atoms with van der Waals surface area (Å²) in [5, 5.41) is 3.37. The topological polar surface area (TPSA) is 12.0 Å². The predicted molar refractivity (Wildman–Crippen MR) is 80.5 cm³/mol. The van der Waals surface area contributed by atoms with Gasteiger partial charge in [-0.3, -0.25) is 0 Å². The lowest BCUT2D eigenvalue weighted by Gasteiger charge is -2.33. The summed E-state index contributed by atoms with van der Waals surface area (Å²) < 4.78 is 27.6. The van der Waals surface area contributed by atoms with Gasteiger partial charge in [-0.05, 0) is 55.1 Å². The molecule has 0 aliphatic carbocycles. The first kappa shape index (κ1) is 14.2. The van der Waals surface area contributed by atoms with Crippen LogP contribution >= 0.6 is 0 Å². The summed E-state index contributed by atoms with van der Waals surface area (Å²) in [7, 11) is 0. The predicted octanol–water partition coefficient (Wildman–Crippen LogP) is 4.13. The molecule has 0 radical (unpaired) electrons. The summed E-state index contributed by atoms with van der Waals surface area (Å²) in [6.45, 7) is 3.69. The molecule has 1 aliphatic rings. The van der Waals surface area contributed by atoms with Crippen LogP contribution in [0.1, 0.15) is 34.9 Å². The zero-order chi connectivity index (χ0) is 14.8. The maximum absolute atomic E-state index is 14.1. The number of piperidine rings is 1. The minimum atomic E-state index is -0.368. The molecule has 3 rings (SSSR count). The van der Waals surface area contributed by atoms with Crippen LogP contribution in [0.2, 0.25) is 0 Å². The quantitative estimate of drug-likeness (QED) is 0.875. The lowest BCUT2D eigenvalue weighted by Crippen LogP contribution is -2.34. The number of hydrogen-bond donors (Lipinski definition) is 1. The second kappa shape index (κ2) is 5.94. The van der Waals surface area contributed by atoms with Crippen molar-refractivity contribution in [2.75, 3.05) is 13.1 Å². The summed E-state index contributed by atoms with van der Waals surface area (Å²) in [4.78, 5) is 0. The Bertz CT molecular complexity index is 639. The van der Waals surface area contributed by atoms with E-state index in [0.29, 0.717) is 5.56 Å². The molecule has 1 N–H and O–H groups in total. The van der Waals surface area contributed by atoms with Gasteiger partial charge in [-0.2, -0.15) is 0 Å². The Morgan fingerprint density at radius 3 is 2.71 bits per heavy atom. The van der Waals surface area contributed by atoms with Crippen molar-refractivity contribution in [3.05, 3.63) is 70.8 Å². The molecule has 0 spiro atoms. The van der Waals surface area contributed by atoms with Crippen LogP contribution in [0, 0.1) is 18.6 Å². The molecule has 0 saturated carbocycles. The molecule has 1 aliphatic heterocycles. The molecule has 2 atom stereocenters. The molecule has 21 heavy (non-hydrogen) atoms. The number of rotatable bonds is 2. The van der Waals surface area contributed by atoms with Gasteiger partial charge in [0.2, 0.25) is 0 Å². The molecular formula is C18H19F2N. The van der Waals surface area contributed by atoms with E-state index >= 15 is 0 Å². The number of nitrogens with one attached hydrogen (secondary N) is 1. The van der Waals surface area contributed by atoms with Crippen LogP contribution in [-0.2, 0) is 0 Å². The zero-order valence-corrected chi connectivity index (χ0v) is 12.1. The van der Waals surface area contributed by atoms with Gasteiger partial charge in [-0.15, -0.1) is 0 Å².